The smallest absolute Gasteiger partial charge is 0.309 e. The zero-order valence-electron chi connectivity index (χ0n) is 9.81. The molecule has 1 aliphatic rings. The molecule has 0 aliphatic carbocycles. The minimum atomic E-state index is -0.798. The molecular weight excluding hydrogens is 204 g/mol. The van der Waals surface area contributed by atoms with Gasteiger partial charge in [-0.3, -0.25) is 4.79 Å². The summed E-state index contributed by atoms with van der Waals surface area (Å²) in [6.45, 7) is 5.44. The van der Waals surface area contributed by atoms with Crippen molar-refractivity contribution in [3.8, 4) is 0 Å². The Labute approximate surface area is 95.3 Å². The molecular formula is C12H18N2O2. The van der Waals surface area contributed by atoms with E-state index in [4.69, 9.17) is 5.11 Å². The van der Waals surface area contributed by atoms with Crippen molar-refractivity contribution >= 4 is 5.97 Å². The highest BCUT2D eigenvalue weighted by Gasteiger charge is 2.24. The van der Waals surface area contributed by atoms with E-state index in [1.54, 1.807) is 6.33 Å². The Morgan fingerprint density at radius 3 is 3.06 bits per heavy atom. The summed E-state index contributed by atoms with van der Waals surface area (Å²) >= 11 is 0. The predicted molar refractivity (Wildman–Crippen MR) is 60.2 cm³/mol. The van der Waals surface area contributed by atoms with E-state index in [1.165, 1.54) is 6.42 Å². The number of fused-ring (bicyclic) bond motifs is 1. The maximum Gasteiger partial charge on any atom is 0.309 e. The number of carbonyl (C=O) groups is 1. The molecule has 0 saturated carbocycles. The van der Waals surface area contributed by atoms with E-state index >= 15 is 0 Å². The third kappa shape index (κ3) is 2.10. The number of aliphatic carboxylic acids is 1. The van der Waals surface area contributed by atoms with Crippen LogP contribution in [-0.2, 0) is 24.2 Å². The summed E-state index contributed by atoms with van der Waals surface area (Å²) in [4.78, 5) is 14.9. The molecule has 1 atom stereocenters. The fourth-order valence-electron chi connectivity index (χ4n) is 2.39. The Morgan fingerprint density at radius 1 is 1.69 bits per heavy atom. The molecule has 1 N–H and O–H groups in total. The summed E-state index contributed by atoms with van der Waals surface area (Å²) in [6, 6.07) is 0. The van der Waals surface area contributed by atoms with Crippen LogP contribution in [0.2, 0.25) is 0 Å². The second-order valence-electron chi connectivity index (χ2n) is 4.90. The molecule has 4 nitrogen and oxygen atoms in total. The van der Waals surface area contributed by atoms with Crippen molar-refractivity contribution < 1.29 is 9.90 Å². The lowest BCUT2D eigenvalue weighted by Crippen LogP contribution is -2.23. The third-order valence-electron chi connectivity index (χ3n) is 3.49. The van der Waals surface area contributed by atoms with Gasteiger partial charge in [0.1, 0.15) is 0 Å². The highest BCUT2D eigenvalue weighted by atomic mass is 16.4. The van der Waals surface area contributed by atoms with E-state index in [1.807, 2.05) is 0 Å². The van der Waals surface area contributed by atoms with Crippen molar-refractivity contribution in [2.75, 3.05) is 0 Å². The van der Waals surface area contributed by atoms with E-state index in [0.29, 0.717) is 11.8 Å². The van der Waals surface area contributed by atoms with E-state index in [2.05, 4.69) is 23.4 Å². The van der Waals surface area contributed by atoms with Gasteiger partial charge < -0.3 is 9.67 Å². The first-order chi connectivity index (χ1) is 7.58. The number of hydrogen-bond donors (Lipinski definition) is 1. The van der Waals surface area contributed by atoms with E-state index in [0.717, 1.165) is 24.4 Å². The largest absolute Gasteiger partial charge is 0.481 e. The summed E-state index contributed by atoms with van der Waals surface area (Å²) in [5, 5.41) is 8.81. The molecule has 0 bridgehead atoms. The molecule has 0 radical (unpaired) electrons. The van der Waals surface area contributed by atoms with Gasteiger partial charge in [-0.2, -0.15) is 0 Å². The standard InChI is InChI=1S/C12H18N2O2/c1-8(2)9-3-4-14-7-13-10(6-12(15)16)11(14)5-9/h7-9H,3-6H2,1-2H3,(H,15,16). The fraction of sp³-hybridized carbons (Fsp3) is 0.667. The average Bonchev–Trinajstić information content (AvgIpc) is 2.60. The van der Waals surface area contributed by atoms with Gasteiger partial charge in [-0.25, -0.2) is 4.98 Å². The zero-order valence-corrected chi connectivity index (χ0v) is 9.81. The van der Waals surface area contributed by atoms with Crippen LogP contribution in [-0.4, -0.2) is 20.6 Å². The molecule has 4 heteroatoms. The molecule has 0 saturated heterocycles. The van der Waals surface area contributed by atoms with Gasteiger partial charge in [-0.05, 0) is 24.7 Å². The van der Waals surface area contributed by atoms with Crippen molar-refractivity contribution in [2.24, 2.45) is 11.8 Å². The van der Waals surface area contributed by atoms with Crippen LogP contribution >= 0.6 is 0 Å². The van der Waals surface area contributed by atoms with Gasteiger partial charge in [0.05, 0.1) is 18.4 Å². The molecule has 1 aliphatic heterocycles. The van der Waals surface area contributed by atoms with Gasteiger partial charge in [-0.1, -0.05) is 13.8 Å². The Balaban J connectivity index is 2.20. The van der Waals surface area contributed by atoms with Crippen molar-refractivity contribution in [2.45, 2.75) is 39.7 Å². The van der Waals surface area contributed by atoms with Crippen LogP contribution in [0, 0.1) is 11.8 Å². The summed E-state index contributed by atoms with van der Waals surface area (Å²) < 4.78 is 2.11. The highest BCUT2D eigenvalue weighted by Crippen LogP contribution is 2.28. The van der Waals surface area contributed by atoms with Crippen LogP contribution < -0.4 is 0 Å². The Kier molecular flexibility index (Phi) is 2.99. The van der Waals surface area contributed by atoms with E-state index in [9.17, 15) is 4.79 Å². The lowest BCUT2D eigenvalue weighted by atomic mass is 9.85. The first-order valence-electron chi connectivity index (χ1n) is 5.82. The number of hydrogen-bond acceptors (Lipinski definition) is 2. The third-order valence-corrected chi connectivity index (χ3v) is 3.49. The fourth-order valence-corrected chi connectivity index (χ4v) is 2.39. The van der Waals surface area contributed by atoms with Gasteiger partial charge in [-0.15, -0.1) is 0 Å². The van der Waals surface area contributed by atoms with Gasteiger partial charge in [0.2, 0.25) is 0 Å². The van der Waals surface area contributed by atoms with Crippen LogP contribution in [0.15, 0.2) is 6.33 Å². The van der Waals surface area contributed by atoms with Crippen molar-refractivity contribution in [3.05, 3.63) is 17.7 Å². The summed E-state index contributed by atoms with van der Waals surface area (Å²) in [5.74, 6) is 0.520. The number of aryl methyl sites for hydroxylation is 1. The highest BCUT2D eigenvalue weighted by molar-refractivity contribution is 5.69. The molecule has 2 heterocycles. The lowest BCUT2D eigenvalue weighted by Gasteiger charge is -2.27. The normalized spacial score (nSPS) is 19.8. The molecule has 0 amide bonds. The summed E-state index contributed by atoms with van der Waals surface area (Å²) in [7, 11) is 0. The second kappa shape index (κ2) is 4.28. The molecule has 1 aromatic heterocycles. The Hall–Kier alpha value is -1.32. The Bertz CT molecular complexity index is 396. The number of carboxylic acids is 1. The average molecular weight is 222 g/mol. The molecule has 0 aromatic carbocycles. The number of rotatable bonds is 3. The van der Waals surface area contributed by atoms with Gasteiger partial charge in [0, 0.05) is 12.2 Å². The van der Waals surface area contributed by atoms with E-state index < -0.39 is 5.97 Å². The van der Waals surface area contributed by atoms with Crippen molar-refractivity contribution in [1.82, 2.24) is 9.55 Å². The number of imidazole rings is 1. The maximum absolute atomic E-state index is 10.7. The molecule has 1 unspecified atom stereocenters. The van der Waals surface area contributed by atoms with Crippen molar-refractivity contribution in [3.63, 3.8) is 0 Å². The maximum atomic E-state index is 10.7. The van der Waals surface area contributed by atoms with Crippen LogP contribution in [0.3, 0.4) is 0 Å². The summed E-state index contributed by atoms with van der Waals surface area (Å²) in [5.41, 5.74) is 1.88. The minimum absolute atomic E-state index is 0.0488. The molecule has 88 valence electrons. The molecule has 0 fully saturated rings. The topological polar surface area (TPSA) is 55.1 Å². The molecule has 2 rings (SSSR count). The second-order valence-corrected chi connectivity index (χ2v) is 4.90. The van der Waals surface area contributed by atoms with Gasteiger partial charge >= 0.3 is 5.97 Å². The monoisotopic (exact) mass is 222 g/mol. The number of nitrogens with zero attached hydrogens (tertiary/aromatic N) is 2. The van der Waals surface area contributed by atoms with Crippen LogP contribution in [0.5, 0.6) is 0 Å². The zero-order chi connectivity index (χ0) is 11.7. The van der Waals surface area contributed by atoms with E-state index in [-0.39, 0.29) is 6.42 Å². The molecule has 1 aromatic rings. The van der Waals surface area contributed by atoms with Gasteiger partial charge in [0.15, 0.2) is 0 Å². The van der Waals surface area contributed by atoms with Crippen LogP contribution in [0.4, 0.5) is 0 Å². The quantitative estimate of drug-likeness (QED) is 0.847. The van der Waals surface area contributed by atoms with Crippen molar-refractivity contribution in [1.29, 1.82) is 0 Å². The lowest BCUT2D eigenvalue weighted by molar-refractivity contribution is -0.136. The van der Waals surface area contributed by atoms with Crippen LogP contribution in [0.1, 0.15) is 31.7 Å². The Morgan fingerprint density at radius 2 is 2.44 bits per heavy atom. The first-order valence-corrected chi connectivity index (χ1v) is 5.82. The molecule has 16 heavy (non-hydrogen) atoms. The molecule has 0 spiro atoms. The SMILES string of the molecule is CC(C)C1CCn2cnc(CC(=O)O)c2C1. The summed E-state index contributed by atoms with van der Waals surface area (Å²) in [6.07, 6.45) is 3.98. The van der Waals surface area contributed by atoms with Gasteiger partial charge in [0.25, 0.3) is 0 Å². The minimum Gasteiger partial charge on any atom is -0.481 e. The first kappa shape index (κ1) is 11.2. The van der Waals surface area contributed by atoms with Crippen LogP contribution in [0.25, 0.3) is 0 Å². The number of aromatic nitrogens is 2. The number of carboxylic acid groups (broad SMARTS) is 1. The predicted octanol–water partition coefficient (Wildman–Crippen LogP) is 1.73.